The first-order valence-corrected chi connectivity index (χ1v) is 9.17. The average molecular weight is 460 g/mol. The van der Waals surface area contributed by atoms with Gasteiger partial charge >= 0.3 is 0 Å². The van der Waals surface area contributed by atoms with Crippen molar-refractivity contribution in [3.8, 4) is 5.75 Å². The number of hydrogen-bond donors (Lipinski definition) is 2. The molecule has 0 amide bonds. The van der Waals surface area contributed by atoms with E-state index in [-0.39, 0.29) is 24.0 Å². The molecule has 1 unspecified atom stereocenters. The van der Waals surface area contributed by atoms with Gasteiger partial charge in [-0.3, -0.25) is 9.89 Å². The number of benzene rings is 1. The Labute approximate surface area is 169 Å². The van der Waals surface area contributed by atoms with Crippen molar-refractivity contribution >= 4 is 29.9 Å². The first kappa shape index (κ1) is 22.0. The number of piperidine rings is 1. The van der Waals surface area contributed by atoms with Gasteiger partial charge in [0.05, 0.1) is 6.61 Å². The number of nitrogens with one attached hydrogen (secondary N) is 2. The van der Waals surface area contributed by atoms with E-state index in [1.54, 1.807) is 0 Å². The maximum Gasteiger partial charge on any atom is 0.191 e. The predicted molar refractivity (Wildman–Crippen MR) is 116 cm³/mol. The van der Waals surface area contributed by atoms with Gasteiger partial charge in [0.15, 0.2) is 5.96 Å². The second kappa shape index (κ2) is 12.4. The Morgan fingerprint density at radius 2 is 2.04 bits per heavy atom. The van der Waals surface area contributed by atoms with E-state index in [2.05, 4.69) is 33.5 Å². The number of likely N-dealkylation sites (tertiary alicyclic amines) is 1. The maximum atomic E-state index is 5.68. The number of likely N-dealkylation sites (N-methyl/N-ethyl adjacent to an activating group) is 1. The van der Waals surface area contributed by atoms with Crippen LogP contribution in [0.4, 0.5) is 0 Å². The summed E-state index contributed by atoms with van der Waals surface area (Å²) in [6.45, 7) is 8.93. The van der Waals surface area contributed by atoms with Crippen LogP contribution in [0.3, 0.4) is 0 Å². The molecule has 25 heavy (non-hydrogen) atoms. The molecule has 1 aromatic carbocycles. The first-order chi connectivity index (χ1) is 11.8. The van der Waals surface area contributed by atoms with Crippen LogP contribution in [-0.2, 0) is 6.54 Å². The molecule has 0 aromatic heterocycles. The summed E-state index contributed by atoms with van der Waals surface area (Å²) >= 11 is 0. The molecule has 1 aromatic rings. The van der Waals surface area contributed by atoms with Gasteiger partial charge in [0.1, 0.15) is 5.75 Å². The summed E-state index contributed by atoms with van der Waals surface area (Å²) in [7, 11) is 1.82. The third-order valence-electron chi connectivity index (χ3n) is 4.60. The minimum atomic E-state index is 0. The lowest BCUT2D eigenvalue weighted by Gasteiger charge is -2.35. The zero-order valence-electron chi connectivity index (χ0n) is 15.8. The molecule has 0 aliphatic carbocycles. The van der Waals surface area contributed by atoms with Crippen molar-refractivity contribution in [3.63, 3.8) is 0 Å². The number of hydrogen-bond acceptors (Lipinski definition) is 3. The van der Waals surface area contributed by atoms with Crippen LogP contribution in [-0.4, -0.2) is 50.2 Å². The molecule has 2 N–H and O–H groups in total. The standard InChI is InChI=1S/C19H32N4O.HI/c1-4-23-13-9-8-11-17(23)15-22-19(20-3)21-14-16-10-6-7-12-18(16)24-5-2;/h6-7,10,12,17H,4-5,8-9,11,13-15H2,1-3H3,(H2,20,21,22);1H. The summed E-state index contributed by atoms with van der Waals surface area (Å²) in [6, 6.07) is 8.75. The number of aliphatic imine (C=N–C) groups is 1. The van der Waals surface area contributed by atoms with Crippen molar-refractivity contribution in [2.45, 2.75) is 45.7 Å². The third-order valence-corrected chi connectivity index (χ3v) is 4.60. The average Bonchev–Trinajstić information content (AvgIpc) is 2.63. The Hall–Kier alpha value is -1.02. The number of para-hydroxylation sites is 1. The molecule has 2 rings (SSSR count). The highest BCUT2D eigenvalue weighted by molar-refractivity contribution is 14.0. The molecule has 0 radical (unpaired) electrons. The summed E-state index contributed by atoms with van der Waals surface area (Å²) in [5.74, 6) is 1.79. The smallest absolute Gasteiger partial charge is 0.191 e. The SMILES string of the molecule is CCOc1ccccc1CNC(=NC)NCC1CCCCN1CC.I. The van der Waals surface area contributed by atoms with Crippen LogP contribution in [0.15, 0.2) is 29.3 Å². The Morgan fingerprint density at radius 3 is 2.76 bits per heavy atom. The van der Waals surface area contributed by atoms with E-state index >= 15 is 0 Å². The van der Waals surface area contributed by atoms with Crippen molar-refractivity contribution < 1.29 is 4.74 Å². The molecule has 1 aliphatic rings. The molecule has 1 fully saturated rings. The van der Waals surface area contributed by atoms with Crippen LogP contribution < -0.4 is 15.4 Å². The highest BCUT2D eigenvalue weighted by Gasteiger charge is 2.20. The summed E-state index contributed by atoms with van der Waals surface area (Å²) in [4.78, 5) is 6.91. The highest BCUT2D eigenvalue weighted by atomic mass is 127. The van der Waals surface area contributed by atoms with E-state index in [1.165, 1.54) is 25.8 Å². The fourth-order valence-electron chi connectivity index (χ4n) is 3.27. The minimum Gasteiger partial charge on any atom is -0.494 e. The van der Waals surface area contributed by atoms with Crippen LogP contribution >= 0.6 is 24.0 Å². The third kappa shape index (κ3) is 7.01. The minimum absolute atomic E-state index is 0. The fourth-order valence-corrected chi connectivity index (χ4v) is 3.27. The first-order valence-electron chi connectivity index (χ1n) is 9.17. The van der Waals surface area contributed by atoms with E-state index < -0.39 is 0 Å². The van der Waals surface area contributed by atoms with Crippen molar-refractivity contribution in [2.75, 3.05) is 33.3 Å². The quantitative estimate of drug-likeness (QED) is 0.373. The van der Waals surface area contributed by atoms with Gasteiger partial charge in [-0.2, -0.15) is 0 Å². The lowest BCUT2D eigenvalue weighted by atomic mass is 10.0. The van der Waals surface area contributed by atoms with E-state index in [0.717, 1.165) is 30.4 Å². The molecule has 1 aliphatic heterocycles. The monoisotopic (exact) mass is 460 g/mol. The van der Waals surface area contributed by atoms with Crippen LogP contribution in [0.1, 0.15) is 38.7 Å². The molecule has 0 bridgehead atoms. The van der Waals surface area contributed by atoms with E-state index in [4.69, 9.17) is 4.74 Å². The van der Waals surface area contributed by atoms with E-state index in [1.807, 2.05) is 32.2 Å². The van der Waals surface area contributed by atoms with Crippen LogP contribution in [0.25, 0.3) is 0 Å². The second-order valence-electron chi connectivity index (χ2n) is 6.13. The van der Waals surface area contributed by atoms with Crippen LogP contribution in [0, 0.1) is 0 Å². The number of rotatable bonds is 7. The van der Waals surface area contributed by atoms with Gasteiger partial charge in [-0.1, -0.05) is 31.5 Å². The summed E-state index contributed by atoms with van der Waals surface area (Å²) < 4.78 is 5.68. The maximum absolute atomic E-state index is 5.68. The normalized spacial score (nSPS) is 18.4. The van der Waals surface area contributed by atoms with E-state index in [9.17, 15) is 0 Å². The molecular weight excluding hydrogens is 427 g/mol. The van der Waals surface area contributed by atoms with Gasteiger partial charge in [-0.25, -0.2) is 0 Å². The lowest BCUT2D eigenvalue weighted by Crippen LogP contribution is -2.48. The predicted octanol–water partition coefficient (Wildman–Crippen LogP) is 3.24. The number of guanidine groups is 1. The van der Waals surface area contributed by atoms with Crippen molar-refractivity contribution in [3.05, 3.63) is 29.8 Å². The van der Waals surface area contributed by atoms with Crippen molar-refractivity contribution in [1.82, 2.24) is 15.5 Å². The van der Waals surface area contributed by atoms with Gasteiger partial charge in [-0.15, -0.1) is 24.0 Å². The van der Waals surface area contributed by atoms with E-state index in [0.29, 0.717) is 19.2 Å². The Morgan fingerprint density at radius 1 is 1.24 bits per heavy atom. The summed E-state index contributed by atoms with van der Waals surface area (Å²) in [5.41, 5.74) is 1.15. The Bertz CT molecular complexity index is 524. The molecule has 0 spiro atoms. The van der Waals surface area contributed by atoms with Crippen LogP contribution in [0.5, 0.6) is 5.75 Å². The Kier molecular flexibility index (Phi) is 10.9. The van der Waals surface area contributed by atoms with Gasteiger partial charge in [-0.05, 0) is 38.9 Å². The van der Waals surface area contributed by atoms with Gasteiger partial charge in [0.25, 0.3) is 0 Å². The van der Waals surface area contributed by atoms with Crippen molar-refractivity contribution in [2.24, 2.45) is 4.99 Å². The second-order valence-corrected chi connectivity index (χ2v) is 6.13. The molecule has 0 saturated carbocycles. The fraction of sp³-hybridized carbons (Fsp3) is 0.632. The Balaban J connectivity index is 0.00000312. The molecule has 1 atom stereocenters. The van der Waals surface area contributed by atoms with Crippen molar-refractivity contribution in [1.29, 1.82) is 0 Å². The lowest BCUT2D eigenvalue weighted by molar-refractivity contribution is 0.157. The molecular formula is C19H33IN4O. The number of ether oxygens (including phenoxy) is 1. The molecule has 1 heterocycles. The summed E-state index contributed by atoms with van der Waals surface area (Å²) in [5, 5.41) is 6.88. The van der Waals surface area contributed by atoms with Gasteiger partial charge < -0.3 is 15.4 Å². The molecule has 5 nitrogen and oxygen atoms in total. The van der Waals surface area contributed by atoms with Gasteiger partial charge in [0.2, 0.25) is 0 Å². The largest absolute Gasteiger partial charge is 0.494 e. The number of nitrogens with zero attached hydrogens (tertiary/aromatic N) is 2. The zero-order valence-corrected chi connectivity index (χ0v) is 18.1. The topological polar surface area (TPSA) is 48.9 Å². The van der Waals surface area contributed by atoms with Crippen LogP contribution in [0.2, 0.25) is 0 Å². The van der Waals surface area contributed by atoms with Gasteiger partial charge in [0, 0.05) is 31.7 Å². The molecule has 142 valence electrons. The number of halogens is 1. The summed E-state index contributed by atoms with van der Waals surface area (Å²) in [6.07, 6.45) is 3.92. The molecule has 6 heteroatoms. The molecule has 1 saturated heterocycles. The highest BCUT2D eigenvalue weighted by Crippen LogP contribution is 2.18. The zero-order chi connectivity index (χ0) is 17.2.